The lowest BCUT2D eigenvalue weighted by Crippen LogP contribution is -2.48. The summed E-state index contributed by atoms with van der Waals surface area (Å²) in [5.74, 6) is 2.62. The van der Waals surface area contributed by atoms with Crippen LogP contribution in [-0.4, -0.2) is 54.8 Å². The highest BCUT2D eigenvalue weighted by Crippen LogP contribution is 2.37. The van der Waals surface area contributed by atoms with Gasteiger partial charge in [-0.3, -0.25) is 4.99 Å². The molecule has 2 atom stereocenters. The molecule has 24 heavy (non-hydrogen) atoms. The third kappa shape index (κ3) is 6.42. The molecule has 1 saturated carbocycles. The van der Waals surface area contributed by atoms with Crippen LogP contribution in [0.2, 0.25) is 0 Å². The van der Waals surface area contributed by atoms with Crippen molar-refractivity contribution in [2.75, 3.05) is 32.0 Å². The van der Waals surface area contributed by atoms with E-state index in [9.17, 15) is 4.79 Å². The minimum atomic E-state index is -0.326. The monoisotopic (exact) mass is 356 g/mol. The van der Waals surface area contributed by atoms with Crippen LogP contribution >= 0.6 is 11.8 Å². The van der Waals surface area contributed by atoms with Crippen LogP contribution in [0.3, 0.4) is 0 Å². The number of aliphatic imine (C=N–C) groups is 1. The summed E-state index contributed by atoms with van der Waals surface area (Å²) in [5, 5.41) is 9.66. The smallest absolute Gasteiger partial charge is 0.407 e. The lowest BCUT2D eigenvalue weighted by molar-refractivity contribution is 0.146. The highest BCUT2D eigenvalue weighted by Gasteiger charge is 2.33. The summed E-state index contributed by atoms with van der Waals surface area (Å²) in [6, 6.07) is 0.101. The summed E-state index contributed by atoms with van der Waals surface area (Å²) in [7, 11) is 0. The zero-order chi connectivity index (χ0) is 17.4. The molecule has 0 aromatic carbocycles. The molecule has 0 aromatic rings. The van der Waals surface area contributed by atoms with E-state index in [0.717, 1.165) is 19.0 Å². The SMILES string of the molecule is CCNC(=NCC1(C)CCCS1)NCC(NC(=O)OCC)C1CC1. The number of nitrogens with one attached hydrogen (secondary N) is 3. The minimum absolute atomic E-state index is 0.101. The maximum Gasteiger partial charge on any atom is 0.407 e. The number of ether oxygens (including phenoxy) is 1. The van der Waals surface area contributed by atoms with Crippen LogP contribution < -0.4 is 16.0 Å². The molecule has 7 heteroatoms. The average molecular weight is 357 g/mol. The number of guanidine groups is 1. The van der Waals surface area contributed by atoms with E-state index in [0.29, 0.717) is 19.1 Å². The Hall–Kier alpha value is -1.11. The molecule has 0 bridgehead atoms. The van der Waals surface area contributed by atoms with Gasteiger partial charge >= 0.3 is 6.09 Å². The maximum atomic E-state index is 11.7. The van der Waals surface area contributed by atoms with Crippen LogP contribution in [0.15, 0.2) is 4.99 Å². The van der Waals surface area contributed by atoms with Crippen molar-refractivity contribution >= 4 is 23.8 Å². The van der Waals surface area contributed by atoms with Crippen molar-refractivity contribution in [3.8, 4) is 0 Å². The first-order valence-electron chi connectivity index (χ1n) is 9.15. The minimum Gasteiger partial charge on any atom is -0.450 e. The lowest BCUT2D eigenvalue weighted by atomic mass is 10.1. The first-order chi connectivity index (χ1) is 11.6. The van der Waals surface area contributed by atoms with Crippen LogP contribution in [0.5, 0.6) is 0 Å². The Morgan fingerprint density at radius 3 is 2.75 bits per heavy atom. The Kier molecular flexibility index (Phi) is 7.52. The third-order valence-electron chi connectivity index (χ3n) is 4.48. The molecule has 1 aliphatic heterocycles. The second kappa shape index (κ2) is 9.39. The highest BCUT2D eigenvalue weighted by molar-refractivity contribution is 8.00. The standard InChI is InChI=1S/C17H32N4O2S/c1-4-18-15(20-12-17(3)9-6-10-24-17)19-11-14(13-7-8-13)21-16(22)23-5-2/h13-14H,4-12H2,1-3H3,(H,21,22)(H2,18,19,20). The molecule has 2 fully saturated rings. The molecule has 0 radical (unpaired) electrons. The number of carbonyl (C=O) groups excluding carboxylic acids is 1. The first-order valence-corrected chi connectivity index (χ1v) is 10.1. The van der Waals surface area contributed by atoms with Gasteiger partial charge in [-0.1, -0.05) is 0 Å². The number of alkyl carbamates (subject to hydrolysis) is 1. The van der Waals surface area contributed by atoms with Gasteiger partial charge in [0.2, 0.25) is 0 Å². The molecular weight excluding hydrogens is 324 g/mol. The molecule has 2 aliphatic rings. The van der Waals surface area contributed by atoms with E-state index in [4.69, 9.17) is 9.73 Å². The van der Waals surface area contributed by atoms with Crippen LogP contribution in [0.4, 0.5) is 4.79 Å². The Balaban J connectivity index is 1.84. The van der Waals surface area contributed by atoms with Gasteiger partial charge in [-0.2, -0.15) is 11.8 Å². The summed E-state index contributed by atoms with van der Waals surface area (Å²) in [6.07, 6.45) is 4.53. The summed E-state index contributed by atoms with van der Waals surface area (Å²) < 4.78 is 5.27. The number of amides is 1. The average Bonchev–Trinajstić information content (AvgIpc) is 3.31. The Labute approximate surface area is 150 Å². The van der Waals surface area contributed by atoms with Gasteiger partial charge in [0, 0.05) is 17.8 Å². The van der Waals surface area contributed by atoms with Crippen LogP contribution in [-0.2, 0) is 4.74 Å². The Bertz CT molecular complexity index is 434. The fourth-order valence-corrected chi connectivity index (χ4v) is 4.14. The fourth-order valence-electron chi connectivity index (χ4n) is 2.91. The molecule has 1 amide bonds. The van der Waals surface area contributed by atoms with E-state index in [1.807, 2.05) is 18.7 Å². The second-order valence-corrected chi connectivity index (χ2v) is 8.47. The quantitative estimate of drug-likeness (QED) is 0.460. The molecule has 3 N–H and O–H groups in total. The Morgan fingerprint density at radius 1 is 1.38 bits per heavy atom. The van der Waals surface area contributed by atoms with E-state index >= 15 is 0 Å². The molecular formula is C17H32N4O2S. The molecule has 2 rings (SSSR count). The molecule has 1 saturated heterocycles. The zero-order valence-corrected chi connectivity index (χ0v) is 16.0. The van der Waals surface area contributed by atoms with Crippen molar-refractivity contribution in [1.82, 2.24) is 16.0 Å². The molecule has 2 unspecified atom stereocenters. The van der Waals surface area contributed by atoms with Gasteiger partial charge in [-0.05, 0) is 58.1 Å². The van der Waals surface area contributed by atoms with E-state index in [1.54, 1.807) is 0 Å². The summed E-state index contributed by atoms with van der Waals surface area (Å²) >= 11 is 2.02. The number of rotatable bonds is 8. The zero-order valence-electron chi connectivity index (χ0n) is 15.2. The fraction of sp³-hybridized carbons (Fsp3) is 0.882. The van der Waals surface area contributed by atoms with Gasteiger partial charge in [0.05, 0.1) is 19.2 Å². The van der Waals surface area contributed by atoms with Gasteiger partial charge < -0.3 is 20.7 Å². The van der Waals surface area contributed by atoms with Crippen molar-refractivity contribution in [2.24, 2.45) is 10.9 Å². The number of hydrogen-bond acceptors (Lipinski definition) is 4. The lowest BCUT2D eigenvalue weighted by Gasteiger charge is -2.23. The molecule has 1 heterocycles. The molecule has 138 valence electrons. The summed E-state index contributed by atoms with van der Waals surface area (Å²) in [4.78, 5) is 16.5. The molecule has 1 aliphatic carbocycles. The highest BCUT2D eigenvalue weighted by atomic mass is 32.2. The summed E-state index contributed by atoms with van der Waals surface area (Å²) in [5.41, 5.74) is 0. The number of hydrogen-bond donors (Lipinski definition) is 3. The Morgan fingerprint density at radius 2 is 2.17 bits per heavy atom. The first kappa shape index (κ1) is 19.2. The predicted molar refractivity (Wildman–Crippen MR) is 101 cm³/mol. The largest absolute Gasteiger partial charge is 0.450 e. The van der Waals surface area contributed by atoms with Crippen molar-refractivity contribution in [3.05, 3.63) is 0 Å². The van der Waals surface area contributed by atoms with Crippen LogP contribution in [0, 0.1) is 5.92 Å². The van der Waals surface area contributed by atoms with Gasteiger partial charge in [0.1, 0.15) is 0 Å². The van der Waals surface area contributed by atoms with E-state index < -0.39 is 0 Å². The van der Waals surface area contributed by atoms with E-state index in [-0.39, 0.29) is 16.9 Å². The maximum absolute atomic E-state index is 11.7. The van der Waals surface area contributed by atoms with Crippen molar-refractivity contribution in [3.63, 3.8) is 0 Å². The second-order valence-electron chi connectivity index (χ2n) is 6.79. The van der Waals surface area contributed by atoms with Crippen molar-refractivity contribution in [2.45, 2.75) is 57.2 Å². The van der Waals surface area contributed by atoms with Crippen LogP contribution in [0.1, 0.15) is 46.5 Å². The van der Waals surface area contributed by atoms with Crippen molar-refractivity contribution in [1.29, 1.82) is 0 Å². The number of thioether (sulfide) groups is 1. The third-order valence-corrected chi connectivity index (χ3v) is 6.00. The predicted octanol–water partition coefficient (Wildman–Crippen LogP) is 2.35. The van der Waals surface area contributed by atoms with Gasteiger partial charge in [-0.15, -0.1) is 0 Å². The molecule has 0 aromatic heterocycles. The van der Waals surface area contributed by atoms with Gasteiger partial charge in [0.15, 0.2) is 5.96 Å². The summed E-state index contributed by atoms with van der Waals surface area (Å²) in [6.45, 7) is 8.92. The van der Waals surface area contributed by atoms with Gasteiger partial charge in [0.25, 0.3) is 0 Å². The van der Waals surface area contributed by atoms with E-state index in [2.05, 4.69) is 29.8 Å². The van der Waals surface area contributed by atoms with Gasteiger partial charge in [-0.25, -0.2) is 4.79 Å². The normalized spacial score (nSPS) is 25.2. The topological polar surface area (TPSA) is 74.8 Å². The number of carbonyl (C=O) groups is 1. The number of nitrogens with zero attached hydrogens (tertiary/aromatic N) is 1. The molecule has 0 spiro atoms. The van der Waals surface area contributed by atoms with E-state index in [1.165, 1.54) is 31.4 Å². The molecule has 6 nitrogen and oxygen atoms in total. The van der Waals surface area contributed by atoms with Crippen molar-refractivity contribution < 1.29 is 9.53 Å². The van der Waals surface area contributed by atoms with Crippen LogP contribution in [0.25, 0.3) is 0 Å².